The Labute approximate surface area is 110 Å². The molecule has 3 aromatic rings. The summed E-state index contributed by atoms with van der Waals surface area (Å²) in [6.45, 7) is 0. The molecule has 0 saturated carbocycles. The number of benzene rings is 1. The van der Waals surface area contributed by atoms with Gasteiger partial charge in [0.15, 0.2) is 23.1 Å². The first-order chi connectivity index (χ1) is 9.13. The lowest BCUT2D eigenvalue weighted by Crippen LogP contribution is -1.98. The molecule has 0 spiro atoms. The first kappa shape index (κ1) is 11.8. The molecule has 2 aromatic heterocycles. The van der Waals surface area contributed by atoms with Gasteiger partial charge in [-0.2, -0.15) is 9.97 Å². The number of nitrogens with one attached hydrogen (secondary N) is 2. The highest BCUT2D eigenvalue weighted by atomic mass is 35.5. The quantitative estimate of drug-likeness (QED) is 0.709. The highest BCUT2D eigenvalue weighted by molar-refractivity contribution is 6.28. The summed E-state index contributed by atoms with van der Waals surface area (Å²) in [4.78, 5) is 14.7. The SMILES string of the molecule is Fc1ccc(Nc2nc(Cl)nc3nc[nH]c23)cc1F. The zero-order valence-corrected chi connectivity index (χ0v) is 10.0. The van der Waals surface area contributed by atoms with E-state index in [0.717, 1.165) is 12.1 Å². The third kappa shape index (κ3) is 2.19. The predicted octanol–water partition coefficient (Wildman–Crippen LogP) is 3.03. The first-order valence-electron chi connectivity index (χ1n) is 5.22. The fourth-order valence-electron chi connectivity index (χ4n) is 1.61. The van der Waals surface area contributed by atoms with E-state index in [1.165, 1.54) is 12.4 Å². The van der Waals surface area contributed by atoms with Gasteiger partial charge in [-0.3, -0.25) is 0 Å². The van der Waals surface area contributed by atoms with E-state index in [9.17, 15) is 8.78 Å². The van der Waals surface area contributed by atoms with Crippen molar-refractivity contribution in [3.8, 4) is 0 Å². The number of aromatic amines is 1. The van der Waals surface area contributed by atoms with Crippen molar-refractivity contribution in [2.24, 2.45) is 0 Å². The van der Waals surface area contributed by atoms with Crippen LogP contribution in [0.1, 0.15) is 0 Å². The molecule has 0 aliphatic carbocycles. The number of aromatic nitrogens is 4. The van der Waals surface area contributed by atoms with Gasteiger partial charge in [-0.05, 0) is 23.7 Å². The first-order valence-corrected chi connectivity index (χ1v) is 5.60. The second-order valence-electron chi connectivity index (χ2n) is 3.70. The monoisotopic (exact) mass is 281 g/mol. The summed E-state index contributed by atoms with van der Waals surface area (Å²) in [5.41, 5.74) is 1.24. The summed E-state index contributed by atoms with van der Waals surface area (Å²) in [5, 5.41) is 2.83. The standard InChI is InChI=1S/C11H6ClF2N5/c12-11-18-9-8(15-4-16-9)10(19-11)17-5-1-2-6(13)7(14)3-5/h1-4H,(H2,15,16,17,18,19). The average Bonchev–Trinajstić information content (AvgIpc) is 2.82. The van der Waals surface area contributed by atoms with Gasteiger partial charge in [0.2, 0.25) is 5.28 Å². The van der Waals surface area contributed by atoms with E-state index in [1.807, 2.05) is 0 Å². The van der Waals surface area contributed by atoms with E-state index in [2.05, 4.69) is 25.3 Å². The number of rotatable bonds is 2. The van der Waals surface area contributed by atoms with Crippen LogP contribution in [0.5, 0.6) is 0 Å². The van der Waals surface area contributed by atoms with Gasteiger partial charge in [0.1, 0.15) is 5.52 Å². The van der Waals surface area contributed by atoms with Crippen LogP contribution in [0.2, 0.25) is 5.28 Å². The number of hydrogen-bond donors (Lipinski definition) is 2. The van der Waals surface area contributed by atoms with Gasteiger partial charge >= 0.3 is 0 Å². The molecule has 0 aliphatic heterocycles. The van der Waals surface area contributed by atoms with Gasteiger partial charge in [-0.25, -0.2) is 13.8 Å². The fourth-order valence-corrected chi connectivity index (χ4v) is 1.77. The largest absolute Gasteiger partial charge is 0.340 e. The van der Waals surface area contributed by atoms with E-state index in [1.54, 1.807) is 0 Å². The Balaban J connectivity index is 2.04. The van der Waals surface area contributed by atoms with Gasteiger partial charge in [0.05, 0.1) is 6.33 Å². The lowest BCUT2D eigenvalue weighted by atomic mass is 10.3. The van der Waals surface area contributed by atoms with Crippen LogP contribution in [0, 0.1) is 11.6 Å². The van der Waals surface area contributed by atoms with E-state index in [4.69, 9.17) is 11.6 Å². The van der Waals surface area contributed by atoms with E-state index < -0.39 is 11.6 Å². The number of halogens is 3. The molecule has 5 nitrogen and oxygen atoms in total. The molecule has 96 valence electrons. The normalized spacial score (nSPS) is 10.9. The van der Waals surface area contributed by atoms with Crippen LogP contribution in [-0.2, 0) is 0 Å². The zero-order valence-electron chi connectivity index (χ0n) is 9.28. The van der Waals surface area contributed by atoms with Crippen LogP contribution in [0.25, 0.3) is 11.2 Å². The van der Waals surface area contributed by atoms with Gasteiger partial charge in [0.25, 0.3) is 0 Å². The van der Waals surface area contributed by atoms with Crippen LogP contribution in [0.4, 0.5) is 20.3 Å². The highest BCUT2D eigenvalue weighted by Crippen LogP contribution is 2.23. The van der Waals surface area contributed by atoms with Crippen molar-refractivity contribution in [1.82, 2.24) is 19.9 Å². The van der Waals surface area contributed by atoms with E-state index >= 15 is 0 Å². The molecule has 1 aromatic carbocycles. The minimum Gasteiger partial charge on any atom is -0.340 e. The lowest BCUT2D eigenvalue weighted by molar-refractivity contribution is 0.509. The summed E-state index contributed by atoms with van der Waals surface area (Å²) < 4.78 is 26.0. The molecule has 8 heteroatoms. The molecule has 0 saturated heterocycles. The second kappa shape index (κ2) is 4.43. The second-order valence-corrected chi connectivity index (χ2v) is 4.03. The smallest absolute Gasteiger partial charge is 0.226 e. The number of imidazole rings is 1. The lowest BCUT2D eigenvalue weighted by Gasteiger charge is -2.06. The molecule has 0 unspecified atom stereocenters. The number of hydrogen-bond acceptors (Lipinski definition) is 4. The molecule has 0 bridgehead atoms. The van der Waals surface area contributed by atoms with Gasteiger partial charge in [-0.1, -0.05) is 0 Å². The summed E-state index contributed by atoms with van der Waals surface area (Å²) in [6, 6.07) is 3.43. The predicted molar refractivity (Wildman–Crippen MR) is 66.3 cm³/mol. The van der Waals surface area contributed by atoms with Crippen LogP contribution in [0.3, 0.4) is 0 Å². The topological polar surface area (TPSA) is 66.5 Å². The van der Waals surface area contributed by atoms with E-state index in [0.29, 0.717) is 22.7 Å². The maximum absolute atomic E-state index is 13.1. The summed E-state index contributed by atoms with van der Waals surface area (Å²) >= 11 is 5.75. The minimum absolute atomic E-state index is 0.00434. The van der Waals surface area contributed by atoms with Crippen molar-refractivity contribution in [2.75, 3.05) is 5.32 Å². The third-order valence-electron chi connectivity index (χ3n) is 2.44. The van der Waals surface area contributed by atoms with Crippen molar-refractivity contribution in [2.45, 2.75) is 0 Å². The fraction of sp³-hybridized carbons (Fsp3) is 0. The molecular formula is C11H6ClF2N5. The third-order valence-corrected chi connectivity index (χ3v) is 2.61. The molecule has 0 atom stereocenters. The van der Waals surface area contributed by atoms with Gasteiger partial charge in [0, 0.05) is 11.8 Å². The molecule has 0 amide bonds. The molecule has 2 N–H and O–H groups in total. The minimum atomic E-state index is -0.953. The summed E-state index contributed by atoms with van der Waals surface area (Å²) in [6.07, 6.45) is 1.44. The van der Waals surface area contributed by atoms with Gasteiger partial charge in [-0.15, -0.1) is 0 Å². The molecule has 0 fully saturated rings. The highest BCUT2D eigenvalue weighted by Gasteiger charge is 2.10. The van der Waals surface area contributed by atoms with Crippen LogP contribution >= 0.6 is 11.6 Å². The van der Waals surface area contributed by atoms with Crippen molar-refractivity contribution < 1.29 is 8.78 Å². The number of H-pyrrole nitrogens is 1. The zero-order chi connectivity index (χ0) is 13.4. The summed E-state index contributed by atoms with van der Waals surface area (Å²) in [5.74, 6) is -1.54. The molecular weight excluding hydrogens is 276 g/mol. The number of anilines is 2. The molecule has 19 heavy (non-hydrogen) atoms. The van der Waals surface area contributed by atoms with Gasteiger partial charge < -0.3 is 10.3 Å². The van der Waals surface area contributed by atoms with Crippen molar-refractivity contribution >= 4 is 34.3 Å². The van der Waals surface area contributed by atoms with Crippen molar-refractivity contribution in [1.29, 1.82) is 0 Å². The Kier molecular flexibility index (Phi) is 2.75. The van der Waals surface area contributed by atoms with Crippen LogP contribution < -0.4 is 5.32 Å². The molecule has 2 heterocycles. The van der Waals surface area contributed by atoms with E-state index in [-0.39, 0.29) is 5.28 Å². The molecule has 3 rings (SSSR count). The van der Waals surface area contributed by atoms with Crippen molar-refractivity contribution in [3.63, 3.8) is 0 Å². The Bertz CT molecular complexity index is 758. The average molecular weight is 282 g/mol. The maximum Gasteiger partial charge on any atom is 0.226 e. The van der Waals surface area contributed by atoms with Crippen molar-refractivity contribution in [3.05, 3.63) is 41.4 Å². The summed E-state index contributed by atoms with van der Waals surface area (Å²) in [7, 11) is 0. The Morgan fingerprint density at radius 2 is 2.00 bits per heavy atom. The molecule has 0 radical (unpaired) electrons. The Morgan fingerprint density at radius 3 is 2.79 bits per heavy atom. The Hall–Kier alpha value is -2.28. The Morgan fingerprint density at radius 1 is 1.16 bits per heavy atom. The molecule has 0 aliphatic rings. The maximum atomic E-state index is 13.1. The number of nitrogens with zero attached hydrogens (tertiary/aromatic N) is 3. The van der Waals surface area contributed by atoms with Crippen LogP contribution in [-0.4, -0.2) is 19.9 Å². The van der Waals surface area contributed by atoms with Crippen LogP contribution in [0.15, 0.2) is 24.5 Å². The number of fused-ring (bicyclic) bond motifs is 1.